The third-order valence-electron chi connectivity index (χ3n) is 4.52. The molecule has 1 aliphatic rings. The van der Waals surface area contributed by atoms with Gasteiger partial charge in [0.2, 0.25) is 5.91 Å². The zero-order valence-corrected chi connectivity index (χ0v) is 16.7. The van der Waals surface area contributed by atoms with Gasteiger partial charge >= 0.3 is 0 Å². The van der Waals surface area contributed by atoms with E-state index in [0.717, 1.165) is 34.0 Å². The maximum absolute atomic E-state index is 12.5. The number of amides is 3. The van der Waals surface area contributed by atoms with Gasteiger partial charge in [-0.05, 0) is 48.4 Å². The Labute approximate surface area is 168 Å². The first kappa shape index (κ1) is 19.9. The van der Waals surface area contributed by atoms with Crippen molar-refractivity contribution < 1.29 is 14.4 Å². The Hall–Kier alpha value is -2.86. The minimum atomic E-state index is -0.316. The summed E-state index contributed by atoms with van der Waals surface area (Å²) in [5.41, 5.74) is 4.03. The highest BCUT2D eigenvalue weighted by molar-refractivity contribution is 8.18. The highest BCUT2D eigenvalue weighted by Gasteiger charge is 2.34. The molecule has 0 saturated carbocycles. The van der Waals surface area contributed by atoms with E-state index in [2.05, 4.69) is 5.32 Å². The SMILES string of the molecule is Cc1ccc(/C=C2\SC(=O)N(CCNC(=O)Cc3ccccc3C)C2=O)cc1. The van der Waals surface area contributed by atoms with Crippen molar-refractivity contribution in [2.45, 2.75) is 20.3 Å². The number of nitrogens with zero attached hydrogens (tertiary/aromatic N) is 1. The predicted octanol–water partition coefficient (Wildman–Crippen LogP) is 3.70. The maximum atomic E-state index is 12.5. The summed E-state index contributed by atoms with van der Waals surface area (Å²) < 4.78 is 0. The zero-order chi connectivity index (χ0) is 20.1. The van der Waals surface area contributed by atoms with Gasteiger partial charge in [-0.15, -0.1) is 0 Å². The number of hydrogen-bond acceptors (Lipinski definition) is 4. The van der Waals surface area contributed by atoms with E-state index in [1.807, 2.05) is 62.4 Å². The first-order valence-corrected chi connectivity index (χ1v) is 9.89. The summed E-state index contributed by atoms with van der Waals surface area (Å²) in [6, 6.07) is 15.5. The molecule has 2 aromatic rings. The van der Waals surface area contributed by atoms with E-state index >= 15 is 0 Å². The predicted molar refractivity (Wildman–Crippen MR) is 112 cm³/mol. The van der Waals surface area contributed by atoms with Gasteiger partial charge in [0.25, 0.3) is 11.1 Å². The van der Waals surface area contributed by atoms with Crippen molar-refractivity contribution in [1.29, 1.82) is 0 Å². The first-order valence-electron chi connectivity index (χ1n) is 9.07. The van der Waals surface area contributed by atoms with Crippen molar-refractivity contribution in [1.82, 2.24) is 10.2 Å². The lowest BCUT2D eigenvalue weighted by Gasteiger charge is -2.13. The average Bonchev–Trinajstić information content (AvgIpc) is 2.93. The number of nitrogens with one attached hydrogen (secondary N) is 1. The van der Waals surface area contributed by atoms with Crippen LogP contribution >= 0.6 is 11.8 Å². The third-order valence-corrected chi connectivity index (χ3v) is 5.43. The van der Waals surface area contributed by atoms with Crippen molar-refractivity contribution in [3.63, 3.8) is 0 Å². The van der Waals surface area contributed by atoms with Crippen LogP contribution in [0.25, 0.3) is 6.08 Å². The summed E-state index contributed by atoms with van der Waals surface area (Å²) in [5, 5.41) is 2.47. The van der Waals surface area contributed by atoms with Crippen LogP contribution in [0, 0.1) is 13.8 Å². The molecule has 6 heteroatoms. The van der Waals surface area contributed by atoms with E-state index in [1.54, 1.807) is 6.08 Å². The van der Waals surface area contributed by atoms with Crippen molar-refractivity contribution in [2.24, 2.45) is 0 Å². The van der Waals surface area contributed by atoms with E-state index in [1.165, 1.54) is 4.90 Å². The fourth-order valence-corrected chi connectivity index (χ4v) is 3.72. The summed E-state index contributed by atoms with van der Waals surface area (Å²) in [5.74, 6) is -0.444. The number of carbonyl (C=O) groups excluding carboxylic acids is 3. The smallest absolute Gasteiger partial charge is 0.293 e. The van der Waals surface area contributed by atoms with Crippen LogP contribution in [-0.4, -0.2) is 35.0 Å². The van der Waals surface area contributed by atoms with Crippen LogP contribution in [0.15, 0.2) is 53.4 Å². The van der Waals surface area contributed by atoms with Gasteiger partial charge in [0.05, 0.1) is 11.3 Å². The molecule has 1 N–H and O–H groups in total. The number of thioether (sulfide) groups is 1. The van der Waals surface area contributed by atoms with Gasteiger partial charge in [-0.3, -0.25) is 19.3 Å². The second-order valence-corrected chi connectivity index (χ2v) is 7.69. The van der Waals surface area contributed by atoms with Crippen LogP contribution in [0.3, 0.4) is 0 Å². The second kappa shape index (κ2) is 8.89. The van der Waals surface area contributed by atoms with E-state index < -0.39 is 0 Å². The Bertz CT molecular complexity index is 935. The summed E-state index contributed by atoms with van der Waals surface area (Å²) in [7, 11) is 0. The van der Waals surface area contributed by atoms with E-state index in [-0.39, 0.29) is 36.6 Å². The first-order chi connectivity index (χ1) is 13.4. The zero-order valence-electron chi connectivity index (χ0n) is 15.9. The Morgan fingerprint density at radius 1 is 1.07 bits per heavy atom. The lowest BCUT2D eigenvalue weighted by Crippen LogP contribution is -2.37. The van der Waals surface area contributed by atoms with Gasteiger partial charge in [0.15, 0.2) is 0 Å². The topological polar surface area (TPSA) is 66.5 Å². The lowest BCUT2D eigenvalue weighted by molar-refractivity contribution is -0.124. The number of carbonyl (C=O) groups is 3. The van der Waals surface area contributed by atoms with Gasteiger partial charge in [-0.2, -0.15) is 0 Å². The molecule has 144 valence electrons. The minimum absolute atomic E-state index is 0.128. The molecule has 0 radical (unpaired) electrons. The summed E-state index contributed by atoms with van der Waals surface area (Å²) in [6.45, 7) is 4.35. The van der Waals surface area contributed by atoms with Crippen LogP contribution < -0.4 is 5.32 Å². The third kappa shape index (κ3) is 4.89. The molecular weight excluding hydrogens is 372 g/mol. The molecule has 0 bridgehead atoms. The van der Waals surface area contributed by atoms with Crippen LogP contribution in [0.5, 0.6) is 0 Å². The number of rotatable bonds is 6. The Morgan fingerprint density at radius 3 is 2.50 bits per heavy atom. The molecule has 2 aromatic carbocycles. The standard InChI is InChI=1S/C22H22N2O3S/c1-15-7-9-17(10-8-15)13-19-21(26)24(22(27)28-19)12-11-23-20(25)14-18-6-4-3-5-16(18)2/h3-10,13H,11-12,14H2,1-2H3,(H,23,25)/b19-13-. The van der Waals surface area contributed by atoms with Crippen molar-refractivity contribution in [3.8, 4) is 0 Å². The van der Waals surface area contributed by atoms with Crippen LogP contribution in [0.4, 0.5) is 4.79 Å². The second-order valence-electron chi connectivity index (χ2n) is 6.70. The van der Waals surface area contributed by atoms with Crippen LogP contribution in [0.1, 0.15) is 22.3 Å². The molecule has 1 saturated heterocycles. The number of aryl methyl sites for hydroxylation is 2. The molecule has 0 atom stereocenters. The quantitative estimate of drug-likeness (QED) is 0.759. The molecule has 3 amide bonds. The van der Waals surface area contributed by atoms with Crippen molar-refractivity contribution in [3.05, 3.63) is 75.7 Å². The Kier molecular flexibility index (Phi) is 6.31. The van der Waals surface area contributed by atoms with Crippen LogP contribution in [0.2, 0.25) is 0 Å². The number of hydrogen-bond donors (Lipinski definition) is 1. The van der Waals surface area contributed by atoms with E-state index in [4.69, 9.17) is 0 Å². The molecule has 0 spiro atoms. The lowest BCUT2D eigenvalue weighted by atomic mass is 10.1. The summed E-state index contributed by atoms with van der Waals surface area (Å²) in [6.07, 6.45) is 2.00. The molecule has 1 aliphatic heterocycles. The Morgan fingerprint density at radius 2 is 1.79 bits per heavy atom. The van der Waals surface area contributed by atoms with Gasteiger partial charge in [-0.1, -0.05) is 54.1 Å². The van der Waals surface area contributed by atoms with E-state index in [9.17, 15) is 14.4 Å². The molecule has 1 heterocycles. The minimum Gasteiger partial charge on any atom is -0.354 e. The molecule has 0 aliphatic carbocycles. The normalized spacial score (nSPS) is 15.4. The molecule has 1 fully saturated rings. The van der Waals surface area contributed by atoms with Gasteiger partial charge in [-0.25, -0.2) is 0 Å². The molecule has 28 heavy (non-hydrogen) atoms. The highest BCUT2D eigenvalue weighted by atomic mass is 32.2. The average molecular weight is 394 g/mol. The largest absolute Gasteiger partial charge is 0.354 e. The van der Waals surface area contributed by atoms with Gasteiger partial charge in [0, 0.05) is 13.1 Å². The summed E-state index contributed by atoms with van der Waals surface area (Å²) in [4.78, 5) is 38.4. The maximum Gasteiger partial charge on any atom is 0.293 e. The van der Waals surface area contributed by atoms with Crippen LogP contribution in [-0.2, 0) is 16.0 Å². The molecule has 3 rings (SSSR count). The monoisotopic (exact) mass is 394 g/mol. The van der Waals surface area contributed by atoms with E-state index in [0.29, 0.717) is 4.91 Å². The molecule has 0 unspecified atom stereocenters. The number of imide groups is 1. The number of benzene rings is 2. The summed E-state index contributed by atoms with van der Waals surface area (Å²) >= 11 is 0.930. The van der Waals surface area contributed by atoms with Gasteiger partial charge < -0.3 is 5.32 Å². The van der Waals surface area contributed by atoms with Crippen molar-refractivity contribution in [2.75, 3.05) is 13.1 Å². The van der Waals surface area contributed by atoms with Crippen molar-refractivity contribution >= 4 is 34.9 Å². The highest BCUT2D eigenvalue weighted by Crippen LogP contribution is 2.31. The fraction of sp³-hybridized carbons (Fsp3) is 0.227. The van der Waals surface area contributed by atoms with Gasteiger partial charge in [0.1, 0.15) is 0 Å². The fourth-order valence-electron chi connectivity index (χ4n) is 2.86. The molecular formula is C22H22N2O3S. The molecule has 5 nitrogen and oxygen atoms in total. The Balaban J connectivity index is 1.54. The molecule has 0 aromatic heterocycles.